The topological polar surface area (TPSA) is 95.8 Å². The molecular weight excluding hydrogens is 543 g/mol. The van der Waals surface area contributed by atoms with Crippen LogP contribution in [0.3, 0.4) is 0 Å². The minimum atomic E-state index is -0.761. The van der Waals surface area contributed by atoms with Gasteiger partial charge in [0.05, 0.1) is 18.2 Å². The summed E-state index contributed by atoms with van der Waals surface area (Å²) in [7, 11) is 0. The Labute approximate surface area is 257 Å². The molecule has 0 saturated carbocycles. The zero-order chi connectivity index (χ0) is 24.2. The third-order valence-corrected chi connectivity index (χ3v) is 4.82. The van der Waals surface area contributed by atoms with Crippen LogP contribution in [-0.2, 0) is 41.2 Å². The van der Waals surface area contributed by atoms with E-state index in [1.807, 2.05) is 6.92 Å². The molecule has 174 valence electrons. The molecule has 0 unspecified atom stereocenters. The number of alkyl halides is 1. The van der Waals surface area contributed by atoms with Crippen LogP contribution in [-0.4, -0.2) is 68.4 Å². The van der Waals surface area contributed by atoms with Gasteiger partial charge in [0.25, 0.3) is 0 Å². The smallest absolute Gasteiger partial charge is 0.479 e. The number of halogens is 1. The number of cyclic esters (lactones) is 2. The fourth-order valence-corrected chi connectivity index (χ4v) is 2.85. The summed E-state index contributed by atoms with van der Waals surface area (Å²) >= 11 is 20.3. The maximum Gasteiger partial charge on any atom is 1.00 e. The van der Waals surface area contributed by atoms with Crippen molar-refractivity contribution in [2.24, 2.45) is 9.98 Å². The van der Waals surface area contributed by atoms with Gasteiger partial charge in [0.2, 0.25) is 22.8 Å². The number of carbonyl (C=O) groups excluding carboxylic acids is 2. The van der Waals surface area contributed by atoms with Crippen molar-refractivity contribution in [3.05, 3.63) is 6.92 Å². The zero-order valence-electron chi connectivity index (χ0n) is 18.9. The first-order valence-corrected chi connectivity index (χ1v) is 11.6. The quantitative estimate of drug-likeness (QED) is 0.116. The van der Waals surface area contributed by atoms with Crippen LogP contribution < -0.4 is 51.4 Å². The molecule has 0 fully saturated rings. The number of thioether (sulfide) groups is 1. The van der Waals surface area contributed by atoms with Gasteiger partial charge in [-0.1, -0.05) is 11.8 Å². The number of esters is 2. The summed E-state index contributed by atoms with van der Waals surface area (Å²) in [5.41, 5.74) is -1.49. The second-order valence-electron chi connectivity index (χ2n) is 6.61. The molecule has 2 heterocycles. The largest absolute Gasteiger partial charge is 1.00 e. The molecule has 0 bridgehead atoms. The number of thiocarbonyl (C=S) groups is 2. The van der Waals surface area contributed by atoms with Crippen LogP contribution in [0.15, 0.2) is 9.98 Å². The predicted octanol–water partition coefficient (Wildman–Crippen LogP) is 0.407. The van der Waals surface area contributed by atoms with Gasteiger partial charge >= 0.3 is 63.3 Å². The Morgan fingerprint density at radius 1 is 1.09 bits per heavy atom. The SMILES string of the molecule is CC1(C)N=C(CCl)OC1=O.CCOC(=S)SCC1=NC(C)(C)C(=O)O1.[CH2+]COC(=S)[S-].[K+]. The number of hydrogen-bond acceptors (Lipinski definition) is 12. The van der Waals surface area contributed by atoms with Gasteiger partial charge in [0.15, 0.2) is 11.1 Å². The standard InChI is InChI=1S/C9H13NO3S2.C6H8ClNO2.C3H4OS2.K/c1-4-12-8(14)15-5-6-10-9(2,3)7(11)13-6;1-6(2)5(9)10-4(3-7)8-6;1-2-4-3(5)6;/h4-5H2,1-3H3;3H2,1-2H3;1-2H2;/q;;;+1. The summed E-state index contributed by atoms with van der Waals surface area (Å²) in [6.45, 7) is 12.9. The van der Waals surface area contributed by atoms with E-state index >= 15 is 0 Å². The van der Waals surface area contributed by atoms with E-state index in [1.54, 1.807) is 27.7 Å². The number of nitrogens with zero attached hydrogens (tertiary/aromatic N) is 2. The van der Waals surface area contributed by atoms with Crippen molar-refractivity contribution in [3.63, 3.8) is 0 Å². The molecule has 2 aliphatic rings. The minimum absolute atomic E-state index is 0. The van der Waals surface area contributed by atoms with E-state index in [4.69, 9.17) is 38.0 Å². The monoisotopic (exact) mass is 567 g/mol. The van der Waals surface area contributed by atoms with Gasteiger partial charge in [-0.2, -0.15) is 0 Å². The van der Waals surface area contributed by atoms with E-state index in [9.17, 15) is 9.59 Å². The van der Waals surface area contributed by atoms with E-state index in [2.05, 4.69) is 46.5 Å². The molecule has 0 radical (unpaired) electrons. The van der Waals surface area contributed by atoms with E-state index in [0.717, 1.165) is 0 Å². The number of rotatable bonds is 5. The molecule has 0 aliphatic carbocycles. The fraction of sp³-hybridized carbons (Fsp3) is 0.611. The van der Waals surface area contributed by atoms with Gasteiger partial charge in [-0.15, -0.1) is 11.6 Å². The second-order valence-corrected chi connectivity index (χ2v) is 9.46. The van der Waals surface area contributed by atoms with Crippen molar-refractivity contribution >= 4 is 92.9 Å². The van der Waals surface area contributed by atoms with Crippen LogP contribution in [0.5, 0.6) is 0 Å². The van der Waals surface area contributed by atoms with Crippen molar-refractivity contribution in [2.75, 3.05) is 24.8 Å². The van der Waals surface area contributed by atoms with E-state index < -0.39 is 11.1 Å². The molecule has 0 N–H and O–H groups in total. The molecule has 0 atom stereocenters. The molecule has 0 amide bonds. The van der Waals surface area contributed by atoms with Crippen LogP contribution in [0.25, 0.3) is 0 Å². The van der Waals surface area contributed by atoms with E-state index in [0.29, 0.717) is 35.1 Å². The van der Waals surface area contributed by atoms with Crippen molar-refractivity contribution in [2.45, 2.75) is 45.7 Å². The van der Waals surface area contributed by atoms with E-state index in [1.165, 1.54) is 11.8 Å². The van der Waals surface area contributed by atoms with Gasteiger partial charge in [-0.25, -0.2) is 19.6 Å². The number of carbonyl (C=O) groups is 2. The van der Waals surface area contributed by atoms with Crippen LogP contribution in [0.2, 0.25) is 0 Å². The predicted molar refractivity (Wildman–Crippen MR) is 134 cm³/mol. The summed E-state index contributed by atoms with van der Waals surface area (Å²) in [4.78, 5) is 30.2. The Morgan fingerprint density at radius 2 is 1.56 bits per heavy atom. The Hall–Kier alpha value is 0.426. The van der Waals surface area contributed by atoms with Gasteiger partial charge in [-0.3, -0.25) is 0 Å². The summed E-state index contributed by atoms with van der Waals surface area (Å²) in [5, 5.41) is 0. The molecule has 8 nitrogen and oxygen atoms in total. The first-order chi connectivity index (χ1) is 14.3. The Balaban J connectivity index is 0. The van der Waals surface area contributed by atoms with E-state index in [-0.39, 0.29) is 73.6 Å². The Morgan fingerprint density at radius 3 is 1.81 bits per heavy atom. The molecule has 14 heteroatoms. The second kappa shape index (κ2) is 17.0. The van der Waals surface area contributed by atoms with Gasteiger partial charge < -0.3 is 43.8 Å². The Bertz CT molecular complexity index is 747. The summed E-state index contributed by atoms with van der Waals surface area (Å²) < 4.78 is 19.8. The maximum absolute atomic E-state index is 11.3. The minimum Gasteiger partial charge on any atom is -0.479 e. The first kappa shape index (κ1) is 34.6. The van der Waals surface area contributed by atoms with Crippen LogP contribution >= 0.6 is 47.8 Å². The zero-order valence-corrected chi connectivity index (χ0v) is 26.0. The average molecular weight is 568 g/mol. The molecule has 0 saturated heterocycles. The maximum atomic E-state index is 11.3. The van der Waals surface area contributed by atoms with Crippen LogP contribution in [0.1, 0.15) is 34.6 Å². The molecule has 0 aromatic heterocycles. The van der Waals surface area contributed by atoms with Crippen molar-refractivity contribution < 1.29 is 79.9 Å². The van der Waals surface area contributed by atoms with Crippen molar-refractivity contribution in [1.82, 2.24) is 0 Å². The molecule has 2 aliphatic heterocycles. The summed E-state index contributed by atoms with van der Waals surface area (Å²) in [6, 6.07) is 0. The van der Waals surface area contributed by atoms with Gasteiger partial charge in [0, 0.05) is 4.38 Å². The van der Waals surface area contributed by atoms with Crippen molar-refractivity contribution in [3.8, 4) is 0 Å². The molecule has 0 spiro atoms. The number of aliphatic imine (C=N–C) groups is 2. The number of hydrogen-bond donors (Lipinski definition) is 0. The molecule has 0 aromatic rings. The first-order valence-electron chi connectivity index (χ1n) is 8.89. The number of ether oxygens (including phenoxy) is 4. The third kappa shape index (κ3) is 14.0. The Kier molecular flexibility index (Phi) is 18.3. The fourth-order valence-electron chi connectivity index (χ4n) is 1.71. The molecular formula is C18H25ClKN2O6S4+. The van der Waals surface area contributed by atoms with Gasteiger partial charge in [-0.05, 0) is 46.8 Å². The van der Waals surface area contributed by atoms with Gasteiger partial charge in [0.1, 0.15) is 6.92 Å². The van der Waals surface area contributed by atoms with Crippen molar-refractivity contribution in [1.29, 1.82) is 0 Å². The van der Waals surface area contributed by atoms with Crippen LogP contribution in [0.4, 0.5) is 0 Å². The van der Waals surface area contributed by atoms with Crippen LogP contribution in [0, 0.1) is 6.92 Å². The molecule has 2 rings (SSSR count). The molecule has 0 aromatic carbocycles. The third-order valence-electron chi connectivity index (χ3n) is 3.14. The molecule has 32 heavy (non-hydrogen) atoms. The summed E-state index contributed by atoms with van der Waals surface area (Å²) in [5.74, 6) is 0.681. The average Bonchev–Trinajstić information content (AvgIpc) is 3.07. The summed E-state index contributed by atoms with van der Waals surface area (Å²) in [6.07, 6.45) is 0. The normalized spacial score (nSPS) is 16.9.